The molecule has 94 valence electrons. The van der Waals surface area contributed by atoms with Gasteiger partial charge in [-0.05, 0) is 29.9 Å². The van der Waals surface area contributed by atoms with Crippen LogP contribution in [0, 0.1) is 0 Å². The fourth-order valence-electron chi connectivity index (χ4n) is 2.06. The molecule has 0 fully saturated rings. The van der Waals surface area contributed by atoms with E-state index in [2.05, 4.69) is 22.0 Å². The number of halogens is 1. The number of benzene rings is 1. The number of rotatable bonds is 4. The summed E-state index contributed by atoms with van der Waals surface area (Å²) < 4.78 is 11.2. The second kappa shape index (κ2) is 5.78. The van der Waals surface area contributed by atoms with E-state index in [1.54, 1.807) is 6.92 Å². The van der Waals surface area contributed by atoms with Gasteiger partial charge in [-0.1, -0.05) is 22.0 Å². The highest BCUT2D eigenvalue weighted by Crippen LogP contribution is 2.29. The van der Waals surface area contributed by atoms with Gasteiger partial charge in [0.2, 0.25) is 0 Å². The van der Waals surface area contributed by atoms with Crippen molar-refractivity contribution < 1.29 is 14.3 Å². The summed E-state index contributed by atoms with van der Waals surface area (Å²) in [4.78, 5) is 11.4. The number of ether oxygens (including phenoxy) is 2. The van der Waals surface area contributed by atoms with E-state index in [1.807, 2.05) is 0 Å². The van der Waals surface area contributed by atoms with Gasteiger partial charge in [-0.25, -0.2) is 0 Å². The summed E-state index contributed by atoms with van der Waals surface area (Å²) in [6.45, 7) is 2.89. The molecule has 2 rings (SSSR count). The van der Waals surface area contributed by atoms with Crippen molar-refractivity contribution in [2.24, 2.45) is 0 Å². The lowest BCUT2D eigenvalue weighted by molar-refractivity contribution is -0.143. The minimum atomic E-state index is -0.181. The second-order valence-electron chi connectivity index (χ2n) is 4.16. The lowest BCUT2D eigenvalue weighted by Crippen LogP contribution is -2.12. The quantitative estimate of drug-likeness (QED) is 0.627. The molecule has 0 spiro atoms. The number of hydrogen-bond donors (Lipinski definition) is 0. The van der Waals surface area contributed by atoms with Gasteiger partial charge < -0.3 is 9.47 Å². The fourth-order valence-corrected chi connectivity index (χ4v) is 2.55. The van der Waals surface area contributed by atoms with Gasteiger partial charge in [-0.15, -0.1) is 0 Å². The maximum Gasteiger partial charge on any atom is 0.306 e. The molecular formula is C13H14BBrO3. The van der Waals surface area contributed by atoms with Crippen molar-refractivity contribution in [2.75, 3.05) is 13.2 Å². The number of esters is 1. The number of hydrogen-bond acceptors (Lipinski definition) is 3. The number of carbonyl (C=O) groups excluding carboxylic acids is 1. The molecule has 0 saturated carbocycles. The Morgan fingerprint density at radius 3 is 3.11 bits per heavy atom. The molecule has 0 aromatic heterocycles. The molecule has 1 heterocycles. The maximum atomic E-state index is 11.4. The first-order chi connectivity index (χ1) is 8.63. The van der Waals surface area contributed by atoms with Crippen LogP contribution < -0.4 is 10.2 Å². The third-order valence-electron chi connectivity index (χ3n) is 2.92. The van der Waals surface area contributed by atoms with Gasteiger partial charge in [0, 0.05) is 17.3 Å². The van der Waals surface area contributed by atoms with Crippen molar-refractivity contribution in [2.45, 2.75) is 26.2 Å². The first-order valence-corrected chi connectivity index (χ1v) is 6.81. The van der Waals surface area contributed by atoms with Gasteiger partial charge in [0.05, 0.1) is 13.2 Å². The second-order valence-corrected chi connectivity index (χ2v) is 4.95. The number of fused-ring (bicyclic) bond motifs is 1. The highest BCUT2D eigenvalue weighted by Gasteiger charge is 2.19. The molecule has 0 unspecified atom stereocenters. The molecule has 0 aliphatic carbocycles. The molecule has 0 bridgehead atoms. The lowest BCUT2D eigenvalue weighted by Gasteiger charge is -2.12. The zero-order chi connectivity index (χ0) is 13.1. The van der Waals surface area contributed by atoms with E-state index in [1.165, 1.54) is 0 Å². The predicted octanol–water partition coefficient (Wildman–Crippen LogP) is 1.67. The van der Waals surface area contributed by atoms with E-state index in [9.17, 15) is 4.79 Å². The third-order valence-corrected chi connectivity index (χ3v) is 3.86. The average molecular weight is 309 g/mol. The van der Waals surface area contributed by atoms with E-state index in [0.717, 1.165) is 27.8 Å². The Kier molecular flexibility index (Phi) is 4.33. The Labute approximate surface area is 116 Å². The largest absolute Gasteiger partial charge is 0.494 e. The molecule has 1 aromatic rings. The van der Waals surface area contributed by atoms with Crippen LogP contribution in [0.5, 0.6) is 5.75 Å². The first-order valence-electron chi connectivity index (χ1n) is 6.01. The molecule has 1 aliphatic rings. The van der Waals surface area contributed by atoms with Crippen LogP contribution in [0.15, 0.2) is 10.5 Å². The summed E-state index contributed by atoms with van der Waals surface area (Å²) in [5.41, 5.74) is 2.78. The minimum absolute atomic E-state index is 0.181. The molecule has 0 N–H and O–H groups in total. The monoisotopic (exact) mass is 308 g/mol. The summed E-state index contributed by atoms with van der Waals surface area (Å²) in [6, 6.07) is 2.06. The van der Waals surface area contributed by atoms with Gasteiger partial charge >= 0.3 is 5.97 Å². The van der Waals surface area contributed by atoms with Crippen molar-refractivity contribution in [3.8, 4) is 5.75 Å². The highest BCUT2D eigenvalue weighted by atomic mass is 79.9. The Hall–Kier alpha value is -0.965. The Morgan fingerprint density at radius 1 is 1.61 bits per heavy atom. The van der Waals surface area contributed by atoms with E-state index in [-0.39, 0.29) is 5.97 Å². The highest BCUT2D eigenvalue weighted by molar-refractivity contribution is 9.10. The Morgan fingerprint density at radius 2 is 2.39 bits per heavy atom. The van der Waals surface area contributed by atoms with E-state index >= 15 is 0 Å². The van der Waals surface area contributed by atoms with Gasteiger partial charge in [0.25, 0.3) is 0 Å². The molecule has 0 saturated heterocycles. The van der Waals surface area contributed by atoms with Crippen LogP contribution in [0.25, 0.3) is 0 Å². The summed E-state index contributed by atoms with van der Waals surface area (Å²) >= 11 is 3.47. The normalized spacial score (nSPS) is 13.0. The van der Waals surface area contributed by atoms with Gasteiger partial charge in [-0.2, -0.15) is 0 Å². The van der Waals surface area contributed by atoms with E-state index in [0.29, 0.717) is 31.5 Å². The zero-order valence-corrected chi connectivity index (χ0v) is 11.9. The molecule has 1 aliphatic heterocycles. The van der Waals surface area contributed by atoms with Crippen molar-refractivity contribution >= 4 is 35.2 Å². The van der Waals surface area contributed by atoms with Crippen LogP contribution in [-0.2, 0) is 22.4 Å². The molecule has 2 radical (unpaired) electrons. The summed E-state index contributed by atoms with van der Waals surface area (Å²) in [5.74, 6) is 0.599. The topological polar surface area (TPSA) is 35.5 Å². The van der Waals surface area contributed by atoms with Crippen LogP contribution in [0.4, 0.5) is 0 Å². The minimum Gasteiger partial charge on any atom is -0.494 e. The fraction of sp³-hybridized carbons (Fsp3) is 0.462. The molecule has 0 amide bonds. The third kappa shape index (κ3) is 2.71. The molecule has 1 aromatic carbocycles. The van der Waals surface area contributed by atoms with Crippen LogP contribution in [-0.4, -0.2) is 27.0 Å². The maximum absolute atomic E-state index is 11.4. The van der Waals surface area contributed by atoms with E-state index < -0.39 is 0 Å². The van der Waals surface area contributed by atoms with Crippen LogP contribution >= 0.6 is 15.9 Å². The summed E-state index contributed by atoms with van der Waals surface area (Å²) in [7, 11) is 6.01. The van der Waals surface area contributed by atoms with Gasteiger partial charge in [0.1, 0.15) is 13.6 Å². The predicted molar refractivity (Wildman–Crippen MR) is 73.7 cm³/mol. The standard InChI is InChI=1S/C13H14BBrO3/c1-2-17-10(16)4-3-8-7-9-5-6-18-13(9)11(14)12(8)15/h7H,2-6H2,1H3. The van der Waals surface area contributed by atoms with Crippen molar-refractivity contribution in [1.29, 1.82) is 0 Å². The molecule has 0 atom stereocenters. The van der Waals surface area contributed by atoms with Crippen molar-refractivity contribution in [3.05, 3.63) is 21.7 Å². The zero-order valence-electron chi connectivity index (χ0n) is 10.3. The molecule has 3 nitrogen and oxygen atoms in total. The summed E-state index contributed by atoms with van der Waals surface area (Å²) in [6.07, 6.45) is 1.86. The van der Waals surface area contributed by atoms with Crippen LogP contribution in [0.2, 0.25) is 0 Å². The molecule has 5 heteroatoms. The smallest absolute Gasteiger partial charge is 0.306 e. The number of carbonyl (C=O) groups is 1. The first kappa shape index (κ1) is 13.5. The average Bonchev–Trinajstić information content (AvgIpc) is 2.80. The molecule has 18 heavy (non-hydrogen) atoms. The van der Waals surface area contributed by atoms with E-state index in [4.69, 9.17) is 17.3 Å². The van der Waals surface area contributed by atoms with Crippen molar-refractivity contribution in [1.82, 2.24) is 0 Å². The molecular weight excluding hydrogens is 295 g/mol. The van der Waals surface area contributed by atoms with Gasteiger partial charge in [0.15, 0.2) is 0 Å². The van der Waals surface area contributed by atoms with Crippen LogP contribution in [0.1, 0.15) is 24.5 Å². The Balaban J connectivity index is 2.14. The summed E-state index contributed by atoms with van der Waals surface area (Å²) in [5, 5.41) is 0. The van der Waals surface area contributed by atoms with Crippen LogP contribution in [0.3, 0.4) is 0 Å². The number of aryl methyl sites for hydroxylation is 1. The van der Waals surface area contributed by atoms with Gasteiger partial charge in [-0.3, -0.25) is 4.79 Å². The van der Waals surface area contributed by atoms with Crippen molar-refractivity contribution in [3.63, 3.8) is 0 Å². The SMILES string of the molecule is [B]c1c(Br)c(CCC(=O)OCC)cc2c1OCC2. The Bertz CT molecular complexity index is 474. The lowest BCUT2D eigenvalue weighted by atomic mass is 9.89.